The molecule has 0 aromatic heterocycles. The molecule has 3 rings (SSSR count). The van der Waals surface area contributed by atoms with Gasteiger partial charge in [0.25, 0.3) is 0 Å². The summed E-state index contributed by atoms with van der Waals surface area (Å²) in [5.74, 6) is -0.271. The van der Waals surface area contributed by atoms with Crippen LogP contribution in [0, 0.1) is 0 Å². The quantitative estimate of drug-likeness (QED) is 0.528. The van der Waals surface area contributed by atoms with E-state index in [-0.39, 0.29) is 36.1 Å². The summed E-state index contributed by atoms with van der Waals surface area (Å²) in [6.07, 6.45) is -1.17. The molecule has 1 saturated heterocycles. The number of aromatic hydroxyl groups is 2. The second kappa shape index (κ2) is 3.37. The highest BCUT2D eigenvalue weighted by Gasteiger charge is 2.45. The molecular formula is C12H12O5. The predicted molar refractivity (Wildman–Crippen MR) is 56.5 cm³/mol. The fourth-order valence-corrected chi connectivity index (χ4v) is 2.57. The lowest BCUT2D eigenvalue weighted by Gasteiger charge is -2.32. The molecule has 0 spiro atoms. The van der Waals surface area contributed by atoms with Gasteiger partial charge in [0, 0.05) is 11.1 Å². The van der Waals surface area contributed by atoms with Crippen LogP contribution in [0.25, 0.3) is 0 Å². The molecule has 17 heavy (non-hydrogen) atoms. The summed E-state index contributed by atoms with van der Waals surface area (Å²) >= 11 is 0. The van der Waals surface area contributed by atoms with Gasteiger partial charge in [-0.1, -0.05) is 0 Å². The second-order valence-corrected chi connectivity index (χ2v) is 4.36. The molecule has 2 aliphatic rings. The Kier molecular flexibility index (Phi) is 2.06. The molecule has 5 nitrogen and oxygen atoms in total. The van der Waals surface area contributed by atoms with E-state index in [1.807, 2.05) is 0 Å². The third-order valence-electron chi connectivity index (χ3n) is 3.28. The van der Waals surface area contributed by atoms with Crippen molar-refractivity contribution in [3.8, 4) is 11.5 Å². The van der Waals surface area contributed by atoms with Gasteiger partial charge in [0.05, 0.1) is 12.5 Å². The van der Waals surface area contributed by atoms with Crippen LogP contribution >= 0.6 is 0 Å². The van der Waals surface area contributed by atoms with Crippen LogP contribution in [0.5, 0.6) is 11.5 Å². The predicted octanol–water partition coefficient (Wildman–Crippen LogP) is 1.55. The summed E-state index contributed by atoms with van der Waals surface area (Å²) in [5.41, 5.74) is 0.973. The smallest absolute Gasteiger partial charge is 0.309 e. The van der Waals surface area contributed by atoms with Gasteiger partial charge < -0.3 is 19.7 Å². The van der Waals surface area contributed by atoms with E-state index in [1.165, 1.54) is 12.1 Å². The van der Waals surface area contributed by atoms with Crippen LogP contribution in [-0.4, -0.2) is 22.3 Å². The van der Waals surface area contributed by atoms with Crippen LogP contribution in [-0.2, 0) is 14.3 Å². The van der Waals surface area contributed by atoms with E-state index in [0.29, 0.717) is 11.1 Å². The number of esters is 1. The maximum absolute atomic E-state index is 11.3. The highest BCUT2D eigenvalue weighted by atomic mass is 16.6. The fourth-order valence-electron chi connectivity index (χ4n) is 2.57. The standard InChI is InChI=1S/C12H12O5/c1-5-10-6(13)2-3-7(14)11(10)12-8(16-5)4-9(15)17-12/h2-3,5,8,12-14H,4H2,1H3/t5-,8-,12+/m0/s1. The van der Waals surface area contributed by atoms with Crippen LogP contribution in [0.3, 0.4) is 0 Å². The molecule has 0 saturated carbocycles. The van der Waals surface area contributed by atoms with E-state index in [9.17, 15) is 15.0 Å². The Balaban J connectivity index is 2.19. The van der Waals surface area contributed by atoms with Crippen molar-refractivity contribution in [2.24, 2.45) is 0 Å². The van der Waals surface area contributed by atoms with E-state index in [2.05, 4.69) is 0 Å². The minimum Gasteiger partial charge on any atom is -0.508 e. The number of phenolic OH excluding ortho intramolecular Hbond substituents is 2. The Labute approximate surface area is 97.6 Å². The molecule has 1 fully saturated rings. The minimum atomic E-state index is -0.610. The normalized spacial score (nSPS) is 30.6. The molecule has 3 atom stereocenters. The molecule has 0 bridgehead atoms. The van der Waals surface area contributed by atoms with Gasteiger partial charge in [0.1, 0.15) is 17.6 Å². The lowest BCUT2D eigenvalue weighted by atomic mass is 9.91. The van der Waals surface area contributed by atoms with Crippen LogP contribution < -0.4 is 0 Å². The van der Waals surface area contributed by atoms with E-state index in [4.69, 9.17) is 9.47 Å². The average molecular weight is 236 g/mol. The number of hydrogen-bond acceptors (Lipinski definition) is 5. The van der Waals surface area contributed by atoms with Crippen molar-refractivity contribution >= 4 is 5.97 Å². The van der Waals surface area contributed by atoms with Gasteiger partial charge in [0.2, 0.25) is 0 Å². The summed E-state index contributed by atoms with van der Waals surface area (Å²) in [7, 11) is 0. The number of rotatable bonds is 0. The Morgan fingerprint density at radius 3 is 2.59 bits per heavy atom. The number of hydrogen-bond donors (Lipinski definition) is 2. The molecule has 90 valence electrons. The van der Waals surface area contributed by atoms with E-state index >= 15 is 0 Å². The summed E-state index contributed by atoms with van der Waals surface area (Å²) in [4.78, 5) is 11.3. The van der Waals surface area contributed by atoms with Crippen molar-refractivity contribution in [1.82, 2.24) is 0 Å². The van der Waals surface area contributed by atoms with Gasteiger partial charge in [-0.05, 0) is 19.1 Å². The highest BCUT2D eigenvalue weighted by Crippen LogP contribution is 2.49. The first-order valence-corrected chi connectivity index (χ1v) is 5.47. The first-order valence-electron chi connectivity index (χ1n) is 5.47. The van der Waals surface area contributed by atoms with Crippen molar-refractivity contribution in [1.29, 1.82) is 0 Å². The topological polar surface area (TPSA) is 76.0 Å². The third-order valence-corrected chi connectivity index (χ3v) is 3.28. The molecule has 2 aliphatic heterocycles. The van der Waals surface area contributed by atoms with Gasteiger partial charge in [-0.15, -0.1) is 0 Å². The first-order chi connectivity index (χ1) is 8.08. The van der Waals surface area contributed by atoms with Gasteiger partial charge in [-0.2, -0.15) is 0 Å². The summed E-state index contributed by atoms with van der Waals surface area (Å²) in [5, 5.41) is 19.7. The lowest BCUT2D eigenvalue weighted by molar-refractivity contribution is -0.143. The van der Waals surface area contributed by atoms with Crippen LogP contribution in [0.15, 0.2) is 12.1 Å². The third kappa shape index (κ3) is 1.39. The largest absolute Gasteiger partial charge is 0.508 e. The summed E-state index contributed by atoms with van der Waals surface area (Å²) in [6, 6.07) is 2.81. The maximum Gasteiger partial charge on any atom is 0.309 e. The number of benzene rings is 1. The second-order valence-electron chi connectivity index (χ2n) is 4.36. The van der Waals surface area contributed by atoms with Crippen LogP contribution in [0.1, 0.15) is 36.7 Å². The number of phenols is 2. The number of ether oxygens (including phenoxy) is 2. The van der Waals surface area contributed by atoms with Gasteiger partial charge >= 0.3 is 5.97 Å². The minimum absolute atomic E-state index is 0.0256. The van der Waals surface area contributed by atoms with Crippen molar-refractivity contribution in [2.45, 2.75) is 31.7 Å². The van der Waals surface area contributed by atoms with E-state index in [1.54, 1.807) is 6.92 Å². The molecule has 1 aromatic rings. The molecule has 0 unspecified atom stereocenters. The number of carbonyl (C=O) groups excluding carboxylic acids is 1. The molecule has 2 heterocycles. The van der Waals surface area contributed by atoms with Crippen molar-refractivity contribution in [3.63, 3.8) is 0 Å². The molecule has 0 amide bonds. The Morgan fingerprint density at radius 2 is 1.88 bits per heavy atom. The molecule has 5 heteroatoms. The zero-order valence-electron chi connectivity index (χ0n) is 9.21. The fraction of sp³-hybridized carbons (Fsp3) is 0.417. The van der Waals surface area contributed by atoms with Crippen molar-refractivity contribution in [3.05, 3.63) is 23.3 Å². The zero-order valence-corrected chi connectivity index (χ0v) is 9.21. The maximum atomic E-state index is 11.3. The van der Waals surface area contributed by atoms with Crippen molar-refractivity contribution < 1.29 is 24.5 Å². The SMILES string of the molecule is C[C@@H]1O[C@H]2CC(=O)O[C@H]2c2c(O)ccc(O)c21. The Bertz CT molecular complexity index is 496. The van der Waals surface area contributed by atoms with E-state index < -0.39 is 6.10 Å². The van der Waals surface area contributed by atoms with Gasteiger partial charge in [0.15, 0.2) is 6.10 Å². The summed E-state index contributed by atoms with van der Waals surface area (Å²) < 4.78 is 10.8. The molecular weight excluding hydrogens is 224 g/mol. The molecule has 0 radical (unpaired) electrons. The van der Waals surface area contributed by atoms with Gasteiger partial charge in [-0.3, -0.25) is 4.79 Å². The highest BCUT2D eigenvalue weighted by molar-refractivity contribution is 5.74. The first kappa shape index (κ1) is 10.4. The Hall–Kier alpha value is -1.75. The zero-order chi connectivity index (χ0) is 12.2. The van der Waals surface area contributed by atoms with E-state index in [0.717, 1.165) is 0 Å². The summed E-state index contributed by atoms with van der Waals surface area (Å²) in [6.45, 7) is 1.77. The molecule has 0 aliphatic carbocycles. The van der Waals surface area contributed by atoms with Gasteiger partial charge in [-0.25, -0.2) is 0 Å². The monoisotopic (exact) mass is 236 g/mol. The van der Waals surface area contributed by atoms with Crippen LogP contribution in [0.2, 0.25) is 0 Å². The molecule has 2 N–H and O–H groups in total. The van der Waals surface area contributed by atoms with Crippen molar-refractivity contribution in [2.75, 3.05) is 0 Å². The lowest BCUT2D eigenvalue weighted by Crippen LogP contribution is -2.26. The number of fused-ring (bicyclic) bond motifs is 3. The molecule has 1 aromatic carbocycles. The average Bonchev–Trinajstić information content (AvgIpc) is 2.62. The number of carbonyl (C=O) groups is 1. The Morgan fingerprint density at radius 1 is 1.24 bits per heavy atom. The van der Waals surface area contributed by atoms with Crippen LogP contribution in [0.4, 0.5) is 0 Å².